The lowest BCUT2D eigenvalue weighted by Gasteiger charge is -2.27. The average Bonchev–Trinajstić information content (AvgIpc) is 2.12. The summed E-state index contributed by atoms with van der Waals surface area (Å²) in [7, 11) is 0. The Kier molecular flexibility index (Phi) is 6.39. The number of carbonyl (C=O) groups is 1. The summed E-state index contributed by atoms with van der Waals surface area (Å²) in [6.07, 6.45) is 4.35. The van der Waals surface area contributed by atoms with E-state index in [1.165, 1.54) is 0 Å². The molecule has 1 atom stereocenters. The monoisotopic (exact) mass is 250 g/mol. The fraction of sp³-hybridized carbons (Fsp3) is 0.900. The zero-order chi connectivity index (χ0) is 10.3. The van der Waals surface area contributed by atoms with Gasteiger partial charge < -0.3 is 5.11 Å². The molecule has 0 saturated carbocycles. The van der Waals surface area contributed by atoms with Crippen molar-refractivity contribution in [3.8, 4) is 0 Å². The van der Waals surface area contributed by atoms with Crippen LogP contribution < -0.4 is 0 Å². The van der Waals surface area contributed by atoms with Gasteiger partial charge in [-0.2, -0.15) is 0 Å². The summed E-state index contributed by atoms with van der Waals surface area (Å²) < 4.78 is 0. The van der Waals surface area contributed by atoms with Gasteiger partial charge in [0.2, 0.25) is 0 Å². The number of carboxylic acid groups (broad SMARTS) is 1. The molecular formula is C10H19BrO2. The van der Waals surface area contributed by atoms with E-state index in [1.54, 1.807) is 0 Å². The lowest BCUT2D eigenvalue weighted by molar-refractivity contribution is -0.150. The molecule has 0 saturated heterocycles. The summed E-state index contributed by atoms with van der Waals surface area (Å²) in [5.74, 6) is -0.636. The first-order chi connectivity index (χ1) is 6.13. The smallest absolute Gasteiger partial charge is 0.309 e. The first-order valence-electron chi connectivity index (χ1n) is 4.92. The first-order valence-corrected chi connectivity index (χ1v) is 6.04. The maximum absolute atomic E-state index is 11.1. The highest BCUT2D eigenvalue weighted by Gasteiger charge is 2.34. The van der Waals surface area contributed by atoms with Crippen molar-refractivity contribution in [3.63, 3.8) is 0 Å². The van der Waals surface area contributed by atoms with E-state index in [-0.39, 0.29) is 0 Å². The number of aliphatic carboxylic acids is 1. The minimum atomic E-state index is -0.636. The molecular weight excluding hydrogens is 232 g/mol. The fourth-order valence-corrected chi connectivity index (χ4v) is 2.30. The summed E-state index contributed by atoms with van der Waals surface area (Å²) in [5, 5.41) is 9.94. The number of hydrogen-bond acceptors (Lipinski definition) is 1. The number of carboxylic acids is 1. The molecule has 13 heavy (non-hydrogen) atoms. The topological polar surface area (TPSA) is 37.3 Å². The Morgan fingerprint density at radius 1 is 1.38 bits per heavy atom. The van der Waals surface area contributed by atoms with Crippen LogP contribution in [-0.2, 0) is 4.79 Å². The van der Waals surface area contributed by atoms with Gasteiger partial charge in [-0.1, -0.05) is 42.6 Å². The third kappa shape index (κ3) is 3.67. The van der Waals surface area contributed by atoms with Gasteiger partial charge >= 0.3 is 5.97 Å². The zero-order valence-electron chi connectivity index (χ0n) is 8.48. The minimum Gasteiger partial charge on any atom is -0.481 e. The van der Waals surface area contributed by atoms with Crippen molar-refractivity contribution < 1.29 is 9.90 Å². The standard InChI is InChI=1S/C10H19BrO2/c1-3-5-6-10(4-2,7-8-11)9(12)13/h3-8H2,1-2H3,(H,12,13). The molecule has 0 heterocycles. The number of hydrogen-bond donors (Lipinski definition) is 1. The third-order valence-electron chi connectivity index (χ3n) is 2.71. The highest BCUT2D eigenvalue weighted by molar-refractivity contribution is 9.09. The molecule has 1 N–H and O–H groups in total. The van der Waals surface area contributed by atoms with Crippen LogP contribution in [0.1, 0.15) is 46.0 Å². The van der Waals surface area contributed by atoms with Crippen LogP contribution in [0.5, 0.6) is 0 Å². The van der Waals surface area contributed by atoms with Crippen molar-refractivity contribution >= 4 is 21.9 Å². The maximum Gasteiger partial charge on any atom is 0.309 e. The molecule has 0 fully saturated rings. The van der Waals surface area contributed by atoms with Gasteiger partial charge in [0, 0.05) is 5.33 Å². The molecule has 0 amide bonds. The minimum absolute atomic E-state index is 0.487. The Labute approximate surface area is 88.8 Å². The summed E-state index contributed by atoms with van der Waals surface area (Å²) in [6, 6.07) is 0. The molecule has 0 radical (unpaired) electrons. The van der Waals surface area contributed by atoms with E-state index < -0.39 is 11.4 Å². The summed E-state index contributed by atoms with van der Waals surface area (Å²) in [5.41, 5.74) is -0.487. The van der Waals surface area contributed by atoms with Gasteiger partial charge in [-0.25, -0.2) is 0 Å². The normalized spacial score (nSPS) is 15.3. The quantitative estimate of drug-likeness (QED) is 0.703. The maximum atomic E-state index is 11.1. The lowest BCUT2D eigenvalue weighted by Crippen LogP contribution is -2.30. The second kappa shape index (κ2) is 6.41. The second-order valence-corrected chi connectivity index (χ2v) is 4.27. The van der Waals surface area contributed by atoms with Crippen molar-refractivity contribution in [2.75, 3.05) is 5.33 Å². The van der Waals surface area contributed by atoms with Crippen LogP contribution in [0.3, 0.4) is 0 Å². The molecule has 0 rings (SSSR count). The Morgan fingerprint density at radius 2 is 2.00 bits per heavy atom. The van der Waals surface area contributed by atoms with Crippen molar-refractivity contribution in [2.24, 2.45) is 5.41 Å². The van der Waals surface area contributed by atoms with Gasteiger partial charge in [0.05, 0.1) is 5.41 Å². The van der Waals surface area contributed by atoms with Crippen molar-refractivity contribution in [1.82, 2.24) is 0 Å². The predicted octanol–water partition coefficient (Wildman–Crippen LogP) is 3.44. The molecule has 78 valence electrons. The molecule has 0 spiro atoms. The Balaban J connectivity index is 4.35. The van der Waals surface area contributed by atoms with E-state index in [4.69, 9.17) is 5.11 Å². The van der Waals surface area contributed by atoms with Gasteiger partial charge in [-0.15, -0.1) is 0 Å². The van der Waals surface area contributed by atoms with Crippen LogP contribution in [-0.4, -0.2) is 16.4 Å². The largest absolute Gasteiger partial charge is 0.481 e. The molecule has 2 nitrogen and oxygen atoms in total. The van der Waals surface area contributed by atoms with E-state index in [0.29, 0.717) is 0 Å². The van der Waals surface area contributed by atoms with Gasteiger partial charge in [0.1, 0.15) is 0 Å². The van der Waals surface area contributed by atoms with Gasteiger partial charge in [0.15, 0.2) is 0 Å². The molecule has 0 aromatic rings. The van der Waals surface area contributed by atoms with E-state index in [2.05, 4.69) is 22.9 Å². The van der Waals surface area contributed by atoms with Crippen molar-refractivity contribution in [2.45, 2.75) is 46.0 Å². The van der Waals surface area contributed by atoms with E-state index >= 15 is 0 Å². The van der Waals surface area contributed by atoms with Crippen molar-refractivity contribution in [1.29, 1.82) is 0 Å². The number of rotatable bonds is 7. The molecule has 0 aromatic heterocycles. The molecule has 0 aromatic carbocycles. The number of unbranched alkanes of at least 4 members (excludes halogenated alkanes) is 1. The second-order valence-electron chi connectivity index (χ2n) is 3.48. The highest BCUT2D eigenvalue weighted by Crippen LogP contribution is 2.33. The highest BCUT2D eigenvalue weighted by atomic mass is 79.9. The molecule has 1 unspecified atom stereocenters. The van der Waals surface area contributed by atoms with Crippen LogP contribution >= 0.6 is 15.9 Å². The van der Waals surface area contributed by atoms with Crippen LogP contribution in [0.15, 0.2) is 0 Å². The first kappa shape index (κ1) is 12.9. The van der Waals surface area contributed by atoms with Crippen LogP contribution in [0.25, 0.3) is 0 Å². The summed E-state index contributed by atoms with van der Waals surface area (Å²) in [6.45, 7) is 4.06. The number of halogens is 1. The molecule has 0 aliphatic heterocycles. The fourth-order valence-electron chi connectivity index (χ4n) is 1.54. The average molecular weight is 251 g/mol. The molecule has 3 heteroatoms. The number of alkyl halides is 1. The van der Waals surface area contributed by atoms with Gasteiger partial charge in [-0.05, 0) is 19.3 Å². The molecule has 0 bridgehead atoms. The van der Waals surface area contributed by atoms with Crippen LogP contribution in [0, 0.1) is 5.41 Å². The van der Waals surface area contributed by atoms with Gasteiger partial charge in [0.25, 0.3) is 0 Å². The van der Waals surface area contributed by atoms with E-state index in [1.807, 2.05) is 6.92 Å². The summed E-state index contributed by atoms with van der Waals surface area (Å²) >= 11 is 3.32. The molecule has 0 aliphatic carbocycles. The lowest BCUT2D eigenvalue weighted by atomic mass is 9.78. The molecule has 0 aliphatic rings. The van der Waals surface area contributed by atoms with Crippen LogP contribution in [0.4, 0.5) is 0 Å². The van der Waals surface area contributed by atoms with Crippen LogP contribution in [0.2, 0.25) is 0 Å². The summed E-state index contributed by atoms with van der Waals surface area (Å²) in [4.78, 5) is 11.1. The predicted molar refractivity (Wildman–Crippen MR) is 58.3 cm³/mol. The Morgan fingerprint density at radius 3 is 2.31 bits per heavy atom. The van der Waals surface area contributed by atoms with Crippen molar-refractivity contribution in [3.05, 3.63) is 0 Å². The third-order valence-corrected chi connectivity index (χ3v) is 3.11. The van der Waals surface area contributed by atoms with E-state index in [0.717, 1.165) is 37.4 Å². The SMILES string of the molecule is CCCCC(CC)(CCBr)C(=O)O. The van der Waals surface area contributed by atoms with Gasteiger partial charge in [-0.3, -0.25) is 4.79 Å². The zero-order valence-corrected chi connectivity index (χ0v) is 10.1. The van der Waals surface area contributed by atoms with E-state index in [9.17, 15) is 4.79 Å². The Hall–Kier alpha value is -0.0500. The Bertz CT molecular complexity index is 159.